The van der Waals surface area contributed by atoms with Crippen LogP contribution < -0.4 is 0 Å². The van der Waals surface area contributed by atoms with E-state index in [1.54, 1.807) is 0 Å². The standard InChI is InChI=1S/C46H34N4/c1-28-13-17-34-35-18-14-29(2)22-42(35)49(41(34)21-28)45-25-33(40-12-8-11-39(48-40)32-9-6-5-7-10-32)26-46(38(45)27-47)50-43-23-30(3)15-19-36(43)37-20-16-31(4)24-44(37)50/h5-26H,1-4H3. The molecule has 238 valence electrons. The maximum absolute atomic E-state index is 11.3. The van der Waals surface area contributed by atoms with Crippen LogP contribution >= 0.6 is 0 Å². The smallest absolute Gasteiger partial charge is 0.104 e. The largest absolute Gasteiger partial charge is 0.308 e. The summed E-state index contributed by atoms with van der Waals surface area (Å²) >= 11 is 0. The maximum atomic E-state index is 11.3. The lowest BCUT2D eigenvalue weighted by Crippen LogP contribution is -2.06. The summed E-state index contributed by atoms with van der Waals surface area (Å²) in [4.78, 5) is 5.22. The van der Waals surface area contributed by atoms with Gasteiger partial charge in [0.15, 0.2) is 0 Å². The van der Waals surface area contributed by atoms with Crippen LogP contribution in [-0.4, -0.2) is 14.1 Å². The predicted octanol–water partition coefficient (Wildman–Crippen LogP) is 11.7. The molecule has 0 unspecified atom stereocenters. The van der Waals surface area contributed by atoms with Crippen LogP contribution in [0.1, 0.15) is 27.8 Å². The van der Waals surface area contributed by atoms with Crippen LogP contribution in [0, 0.1) is 39.0 Å². The highest BCUT2D eigenvalue weighted by atomic mass is 15.0. The number of nitriles is 1. The summed E-state index contributed by atoms with van der Waals surface area (Å²) in [6.45, 7) is 8.51. The number of nitrogens with zero attached hydrogens (tertiary/aromatic N) is 4. The summed E-state index contributed by atoms with van der Waals surface area (Å²) < 4.78 is 4.59. The average molecular weight is 643 g/mol. The van der Waals surface area contributed by atoms with Crippen molar-refractivity contribution in [2.45, 2.75) is 27.7 Å². The van der Waals surface area contributed by atoms with E-state index in [4.69, 9.17) is 4.98 Å². The summed E-state index contributed by atoms with van der Waals surface area (Å²) in [5, 5.41) is 15.9. The summed E-state index contributed by atoms with van der Waals surface area (Å²) in [5.74, 6) is 0. The van der Waals surface area contributed by atoms with Gasteiger partial charge in [-0.15, -0.1) is 0 Å². The van der Waals surface area contributed by atoms with E-state index in [9.17, 15) is 5.26 Å². The molecule has 0 saturated heterocycles. The lowest BCUT2D eigenvalue weighted by atomic mass is 10.0. The van der Waals surface area contributed by atoms with Crippen LogP contribution in [0.2, 0.25) is 0 Å². The normalized spacial score (nSPS) is 11.6. The van der Waals surface area contributed by atoms with Crippen LogP contribution in [0.5, 0.6) is 0 Å². The minimum atomic E-state index is 0.608. The number of hydrogen-bond acceptors (Lipinski definition) is 2. The summed E-state index contributed by atoms with van der Waals surface area (Å²) in [7, 11) is 0. The second-order valence-corrected chi connectivity index (χ2v) is 13.5. The van der Waals surface area contributed by atoms with E-state index >= 15 is 0 Å². The molecular weight excluding hydrogens is 609 g/mol. The first kappa shape index (κ1) is 29.7. The van der Waals surface area contributed by atoms with Gasteiger partial charge in [0.05, 0.1) is 44.8 Å². The van der Waals surface area contributed by atoms with Crippen LogP contribution in [-0.2, 0) is 0 Å². The van der Waals surface area contributed by atoms with Gasteiger partial charge in [0.2, 0.25) is 0 Å². The van der Waals surface area contributed by atoms with Gasteiger partial charge >= 0.3 is 0 Å². The fourth-order valence-corrected chi connectivity index (χ4v) is 7.59. The third-order valence-electron chi connectivity index (χ3n) is 9.96. The molecule has 0 amide bonds. The van der Waals surface area contributed by atoms with E-state index in [-0.39, 0.29) is 0 Å². The minimum absolute atomic E-state index is 0.608. The number of fused-ring (bicyclic) bond motifs is 6. The Morgan fingerprint density at radius 3 is 1.24 bits per heavy atom. The molecule has 4 heteroatoms. The molecule has 0 spiro atoms. The van der Waals surface area contributed by atoms with Gasteiger partial charge in [-0.25, -0.2) is 4.98 Å². The van der Waals surface area contributed by atoms with Gasteiger partial charge in [0.1, 0.15) is 11.6 Å². The van der Waals surface area contributed by atoms with E-state index in [2.05, 4.69) is 158 Å². The zero-order valence-corrected chi connectivity index (χ0v) is 28.5. The molecule has 3 aromatic heterocycles. The molecular formula is C46H34N4. The van der Waals surface area contributed by atoms with Crippen LogP contribution in [0.25, 0.3) is 77.5 Å². The number of benzene rings is 6. The summed E-state index contributed by atoms with van der Waals surface area (Å²) in [6.07, 6.45) is 0. The molecule has 0 atom stereocenters. The summed E-state index contributed by atoms with van der Waals surface area (Å²) in [6, 6.07) is 50.0. The first-order chi connectivity index (χ1) is 24.4. The van der Waals surface area contributed by atoms with Crippen molar-refractivity contribution in [1.82, 2.24) is 14.1 Å². The lowest BCUT2D eigenvalue weighted by Gasteiger charge is -2.19. The van der Waals surface area contributed by atoms with E-state index < -0.39 is 0 Å². The second-order valence-electron chi connectivity index (χ2n) is 13.5. The van der Waals surface area contributed by atoms with Gasteiger partial charge in [-0.3, -0.25) is 0 Å². The number of pyridine rings is 1. The Morgan fingerprint density at radius 2 is 0.840 bits per heavy atom. The van der Waals surface area contributed by atoms with Crippen molar-refractivity contribution in [2.24, 2.45) is 0 Å². The fourth-order valence-electron chi connectivity index (χ4n) is 7.59. The highest BCUT2D eigenvalue weighted by molar-refractivity contribution is 6.11. The van der Waals surface area contributed by atoms with Crippen molar-refractivity contribution in [3.63, 3.8) is 0 Å². The zero-order valence-electron chi connectivity index (χ0n) is 28.5. The first-order valence-electron chi connectivity index (χ1n) is 17.0. The monoisotopic (exact) mass is 642 g/mol. The Balaban J connectivity index is 1.45. The van der Waals surface area contributed by atoms with Crippen molar-refractivity contribution in [1.29, 1.82) is 5.26 Å². The SMILES string of the molecule is Cc1ccc2c3ccc(C)cc3n(-c3cc(-c4cccc(-c5ccccc5)n4)cc(-n4c5cc(C)ccc5c5ccc(C)cc54)c3C#N)c2c1. The van der Waals surface area contributed by atoms with Crippen molar-refractivity contribution >= 4 is 43.6 Å². The van der Waals surface area contributed by atoms with Crippen LogP contribution in [0.3, 0.4) is 0 Å². The Kier molecular flexibility index (Phi) is 6.72. The number of rotatable bonds is 4. The quantitative estimate of drug-likeness (QED) is 0.192. The van der Waals surface area contributed by atoms with Gasteiger partial charge in [-0.1, -0.05) is 84.9 Å². The minimum Gasteiger partial charge on any atom is -0.308 e. The van der Waals surface area contributed by atoms with Crippen molar-refractivity contribution in [3.8, 4) is 40.0 Å². The van der Waals surface area contributed by atoms with Gasteiger partial charge in [0.25, 0.3) is 0 Å². The van der Waals surface area contributed by atoms with Crippen LogP contribution in [0.15, 0.2) is 133 Å². The Morgan fingerprint density at radius 1 is 0.440 bits per heavy atom. The second kappa shape index (κ2) is 11.3. The molecule has 0 aliphatic heterocycles. The molecule has 50 heavy (non-hydrogen) atoms. The number of aromatic nitrogens is 3. The van der Waals surface area contributed by atoms with E-state index in [1.165, 1.54) is 22.3 Å². The number of hydrogen-bond donors (Lipinski definition) is 0. The molecule has 0 aliphatic carbocycles. The van der Waals surface area contributed by atoms with Gasteiger partial charge in [0, 0.05) is 32.7 Å². The lowest BCUT2D eigenvalue weighted by molar-refractivity contribution is 1.11. The molecule has 0 radical (unpaired) electrons. The van der Waals surface area contributed by atoms with Gasteiger partial charge in [-0.2, -0.15) is 5.26 Å². The van der Waals surface area contributed by atoms with Crippen molar-refractivity contribution < 1.29 is 0 Å². The topological polar surface area (TPSA) is 46.5 Å². The van der Waals surface area contributed by atoms with Crippen molar-refractivity contribution in [2.75, 3.05) is 0 Å². The van der Waals surface area contributed by atoms with Gasteiger partial charge in [-0.05, 0) is 98.5 Å². The Hall–Kier alpha value is -6.44. The van der Waals surface area contributed by atoms with E-state index in [0.717, 1.165) is 77.5 Å². The Bertz CT molecular complexity index is 2600. The molecule has 0 saturated carbocycles. The van der Waals surface area contributed by atoms with E-state index in [0.29, 0.717) is 5.56 Å². The molecule has 9 rings (SSSR count). The highest BCUT2D eigenvalue weighted by Gasteiger charge is 2.23. The number of aryl methyl sites for hydroxylation is 4. The third-order valence-corrected chi connectivity index (χ3v) is 9.96. The average Bonchev–Trinajstić information content (AvgIpc) is 3.61. The van der Waals surface area contributed by atoms with E-state index in [1.807, 2.05) is 18.2 Å². The van der Waals surface area contributed by atoms with Gasteiger partial charge < -0.3 is 9.13 Å². The maximum Gasteiger partial charge on any atom is 0.104 e. The molecule has 4 nitrogen and oxygen atoms in total. The van der Waals surface area contributed by atoms with Crippen molar-refractivity contribution in [3.05, 3.63) is 161 Å². The van der Waals surface area contributed by atoms with Crippen LogP contribution in [0.4, 0.5) is 0 Å². The molecule has 3 heterocycles. The zero-order chi connectivity index (χ0) is 34.1. The first-order valence-corrected chi connectivity index (χ1v) is 17.0. The molecule has 0 N–H and O–H groups in total. The fraction of sp³-hybridized carbons (Fsp3) is 0.0870. The molecule has 0 bridgehead atoms. The molecule has 0 fully saturated rings. The molecule has 0 aliphatic rings. The molecule has 9 aromatic rings. The highest BCUT2D eigenvalue weighted by Crippen LogP contribution is 2.41. The molecule has 6 aromatic carbocycles. The Labute approximate surface area is 291 Å². The predicted molar refractivity (Wildman–Crippen MR) is 207 cm³/mol. The summed E-state index contributed by atoms with van der Waals surface area (Å²) in [5.41, 5.74) is 15.0. The third kappa shape index (κ3) is 4.63.